The minimum Gasteiger partial charge on any atom is -0.378 e. The number of rotatable bonds is 3. The van der Waals surface area contributed by atoms with Gasteiger partial charge in [0.25, 0.3) is 0 Å². The number of Topliss-reactive ketones (excluding diaryl/α,β-unsaturated/α-hetero) is 1. The Balaban J connectivity index is 1.74. The predicted molar refractivity (Wildman–Crippen MR) is 74.2 cm³/mol. The summed E-state index contributed by atoms with van der Waals surface area (Å²) in [6, 6.07) is 10.1. The summed E-state index contributed by atoms with van der Waals surface area (Å²) in [4.78, 5) is 11.9. The maximum absolute atomic E-state index is 11.9. The van der Waals surface area contributed by atoms with Gasteiger partial charge < -0.3 is 11.1 Å². The van der Waals surface area contributed by atoms with Crippen molar-refractivity contribution in [1.82, 2.24) is 10.3 Å². The third kappa shape index (κ3) is 2.64. The van der Waals surface area contributed by atoms with Crippen LogP contribution in [0.2, 0.25) is 0 Å². The highest BCUT2D eigenvalue weighted by Crippen LogP contribution is 2.32. The molecule has 0 spiro atoms. The van der Waals surface area contributed by atoms with Gasteiger partial charge in [0.1, 0.15) is 5.78 Å². The van der Waals surface area contributed by atoms with E-state index < -0.39 is 0 Å². The first-order valence-electron chi connectivity index (χ1n) is 6.63. The molecule has 2 unspecified atom stereocenters. The van der Waals surface area contributed by atoms with E-state index in [0.29, 0.717) is 18.7 Å². The fourth-order valence-electron chi connectivity index (χ4n) is 2.72. The molecule has 6 heteroatoms. The highest BCUT2D eigenvalue weighted by molar-refractivity contribution is 5.81. The average Bonchev–Trinajstić information content (AvgIpc) is 2.85. The molecule has 1 fully saturated rings. The molecule has 2 aromatic rings. The second-order valence-corrected chi connectivity index (χ2v) is 5.13. The smallest absolute Gasteiger partial charge is 0.215 e. The lowest BCUT2D eigenvalue weighted by atomic mass is 9.80. The van der Waals surface area contributed by atoms with E-state index in [2.05, 4.69) is 32.4 Å². The number of hydrogen-bond donors (Lipinski definition) is 2. The standard InChI is InChI=1S/C14H16N4O2/c15-13-14(18-20-17-13)16-11-6-10(7-12(19)8-11)9-4-2-1-3-5-9/h1-5,10-11H,6-8H2,(H2,15,17)(H,16,18). The molecular weight excluding hydrogens is 256 g/mol. The Kier molecular flexibility index (Phi) is 3.37. The zero-order valence-corrected chi connectivity index (χ0v) is 11.0. The highest BCUT2D eigenvalue weighted by atomic mass is 16.6. The van der Waals surface area contributed by atoms with Crippen molar-refractivity contribution in [3.8, 4) is 0 Å². The third-order valence-electron chi connectivity index (χ3n) is 3.64. The van der Waals surface area contributed by atoms with Gasteiger partial charge in [0.15, 0.2) is 0 Å². The van der Waals surface area contributed by atoms with Crippen LogP contribution in [0.15, 0.2) is 35.0 Å². The summed E-state index contributed by atoms with van der Waals surface area (Å²) in [5, 5.41) is 10.4. The average molecular weight is 272 g/mol. The molecule has 2 atom stereocenters. The van der Waals surface area contributed by atoms with Crippen LogP contribution in [0.4, 0.5) is 11.6 Å². The SMILES string of the molecule is Nc1nonc1NC1CC(=O)CC(c2ccccc2)C1. The van der Waals surface area contributed by atoms with Gasteiger partial charge in [-0.15, -0.1) is 0 Å². The first-order valence-corrected chi connectivity index (χ1v) is 6.63. The number of nitrogens with one attached hydrogen (secondary N) is 1. The van der Waals surface area contributed by atoms with Crippen molar-refractivity contribution < 1.29 is 9.42 Å². The third-order valence-corrected chi connectivity index (χ3v) is 3.64. The maximum atomic E-state index is 11.9. The molecule has 6 nitrogen and oxygen atoms in total. The lowest BCUT2D eigenvalue weighted by Gasteiger charge is -2.29. The number of anilines is 2. The van der Waals surface area contributed by atoms with Gasteiger partial charge in [-0.3, -0.25) is 4.79 Å². The fraction of sp³-hybridized carbons (Fsp3) is 0.357. The number of nitrogens with two attached hydrogens (primary N) is 1. The molecule has 1 heterocycles. The van der Waals surface area contributed by atoms with E-state index in [1.54, 1.807) is 0 Å². The molecule has 1 saturated carbocycles. The molecule has 104 valence electrons. The summed E-state index contributed by atoms with van der Waals surface area (Å²) in [6.45, 7) is 0. The van der Waals surface area contributed by atoms with Crippen LogP contribution in [0.1, 0.15) is 30.7 Å². The minimum absolute atomic E-state index is 0.00987. The summed E-state index contributed by atoms with van der Waals surface area (Å²) in [5.41, 5.74) is 6.82. The number of hydrogen-bond acceptors (Lipinski definition) is 6. The van der Waals surface area contributed by atoms with Crippen molar-refractivity contribution >= 4 is 17.4 Å². The molecule has 20 heavy (non-hydrogen) atoms. The Morgan fingerprint density at radius 3 is 2.70 bits per heavy atom. The van der Waals surface area contributed by atoms with Crippen molar-refractivity contribution in [2.45, 2.75) is 31.2 Å². The van der Waals surface area contributed by atoms with Crippen LogP contribution < -0.4 is 11.1 Å². The van der Waals surface area contributed by atoms with Crippen LogP contribution >= 0.6 is 0 Å². The second-order valence-electron chi connectivity index (χ2n) is 5.13. The van der Waals surface area contributed by atoms with E-state index in [0.717, 1.165) is 6.42 Å². The van der Waals surface area contributed by atoms with Crippen LogP contribution in [0.25, 0.3) is 0 Å². The molecule has 1 aliphatic rings. The van der Waals surface area contributed by atoms with Gasteiger partial charge in [-0.2, -0.15) is 0 Å². The molecule has 0 saturated heterocycles. The lowest BCUT2D eigenvalue weighted by molar-refractivity contribution is -0.120. The topological polar surface area (TPSA) is 94.0 Å². The number of carbonyl (C=O) groups excluding carboxylic acids is 1. The van der Waals surface area contributed by atoms with Crippen LogP contribution in [0.3, 0.4) is 0 Å². The van der Waals surface area contributed by atoms with Crippen LogP contribution in [-0.2, 0) is 4.79 Å². The number of carbonyl (C=O) groups is 1. The van der Waals surface area contributed by atoms with Gasteiger partial charge in [0.2, 0.25) is 11.6 Å². The Morgan fingerprint density at radius 2 is 2.00 bits per heavy atom. The van der Waals surface area contributed by atoms with Crippen LogP contribution in [0, 0.1) is 0 Å². The molecule has 0 aliphatic heterocycles. The molecule has 0 amide bonds. The minimum atomic E-state index is 0.00987. The van der Waals surface area contributed by atoms with Crippen molar-refractivity contribution in [3.63, 3.8) is 0 Å². The quantitative estimate of drug-likeness (QED) is 0.887. The first kappa shape index (κ1) is 12.7. The summed E-state index contributed by atoms with van der Waals surface area (Å²) < 4.78 is 4.55. The maximum Gasteiger partial charge on any atom is 0.215 e. The largest absolute Gasteiger partial charge is 0.378 e. The summed E-state index contributed by atoms with van der Waals surface area (Å²) >= 11 is 0. The Labute approximate surface area is 116 Å². The van der Waals surface area contributed by atoms with Gasteiger partial charge in [-0.05, 0) is 28.2 Å². The Bertz CT molecular complexity index is 596. The Hall–Kier alpha value is -2.37. The summed E-state index contributed by atoms with van der Waals surface area (Å²) in [6.07, 6.45) is 1.94. The lowest BCUT2D eigenvalue weighted by Crippen LogP contribution is -2.31. The van der Waals surface area contributed by atoms with E-state index in [4.69, 9.17) is 5.73 Å². The van der Waals surface area contributed by atoms with Crippen molar-refractivity contribution in [2.75, 3.05) is 11.1 Å². The molecule has 1 aromatic heterocycles. The van der Waals surface area contributed by atoms with Gasteiger partial charge in [-0.1, -0.05) is 30.3 Å². The summed E-state index contributed by atoms with van der Waals surface area (Å²) in [7, 11) is 0. The zero-order chi connectivity index (χ0) is 13.9. The van der Waals surface area contributed by atoms with E-state index in [1.165, 1.54) is 5.56 Å². The number of benzene rings is 1. The van der Waals surface area contributed by atoms with E-state index in [1.807, 2.05) is 18.2 Å². The number of nitrogens with zero attached hydrogens (tertiary/aromatic N) is 2. The van der Waals surface area contributed by atoms with Crippen LogP contribution in [0.5, 0.6) is 0 Å². The highest BCUT2D eigenvalue weighted by Gasteiger charge is 2.29. The predicted octanol–water partition coefficient (Wildman–Crippen LogP) is 1.97. The zero-order valence-electron chi connectivity index (χ0n) is 11.0. The monoisotopic (exact) mass is 272 g/mol. The molecule has 3 N–H and O–H groups in total. The van der Waals surface area contributed by atoms with Gasteiger partial charge >= 0.3 is 0 Å². The Morgan fingerprint density at radius 1 is 1.20 bits per heavy atom. The van der Waals surface area contributed by atoms with Crippen molar-refractivity contribution in [2.24, 2.45) is 0 Å². The molecule has 1 aromatic carbocycles. The number of nitrogen functional groups attached to an aromatic ring is 1. The molecule has 1 aliphatic carbocycles. The van der Waals surface area contributed by atoms with E-state index in [-0.39, 0.29) is 23.6 Å². The molecular formula is C14H16N4O2. The van der Waals surface area contributed by atoms with E-state index in [9.17, 15) is 4.79 Å². The molecule has 0 radical (unpaired) electrons. The number of ketones is 1. The van der Waals surface area contributed by atoms with Crippen molar-refractivity contribution in [1.29, 1.82) is 0 Å². The first-order chi connectivity index (χ1) is 9.72. The molecule has 3 rings (SSSR count). The summed E-state index contributed by atoms with van der Waals surface area (Å²) in [5.74, 6) is 1.12. The fourth-order valence-corrected chi connectivity index (χ4v) is 2.72. The van der Waals surface area contributed by atoms with Crippen molar-refractivity contribution in [3.05, 3.63) is 35.9 Å². The normalized spacial score (nSPS) is 22.7. The van der Waals surface area contributed by atoms with Gasteiger partial charge in [0.05, 0.1) is 0 Å². The van der Waals surface area contributed by atoms with Gasteiger partial charge in [-0.25, -0.2) is 4.63 Å². The van der Waals surface area contributed by atoms with E-state index >= 15 is 0 Å². The molecule has 0 bridgehead atoms. The van der Waals surface area contributed by atoms with Gasteiger partial charge in [0, 0.05) is 18.9 Å². The number of aromatic nitrogens is 2. The second kappa shape index (κ2) is 5.32. The van der Waals surface area contributed by atoms with Crippen LogP contribution in [-0.4, -0.2) is 22.1 Å².